The molecule has 17 heteroatoms. The molecular formula is C24H26N8O5S4. The number of oxime groups is 1. The van der Waals surface area contributed by atoms with Crippen LogP contribution in [0.4, 0.5) is 5.13 Å². The Bertz CT molecular complexity index is 1440. The molecule has 7 N–H and O–H groups in total. The van der Waals surface area contributed by atoms with Crippen molar-refractivity contribution in [3.63, 3.8) is 0 Å². The third-order valence-corrected chi connectivity index (χ3v) is 10.6. The van der Waals surface area contributed by atoms with Gasteiger partial charge in [0.25, 0.3) is 11.8 Å². The number of carboxylic acid groups (broad SMARTS) is 1. The number of carbonyl (C=O) groups is 3. The third-order valence-electron chi connectivity index (χ3n) is 6.47. The van der Waals surface area contributed by atoms with Crippen molar-refractivity contribution in [1.82, 2.24) is 20.2 Å². The molecule has 2 aliphatic heterocycles. The molecule has 5 rings (SSSR count). The fourth-order valence-corrected chi connectivity index (χ4v) is 8.26. The van der Waals surface area contributed by atoms with Gasteiger partial charge < -0.3 is 26.7 Å². The molecule has 1 saturated carbocycles. The van der Waals surface area contributed by atoms with Crippen LogP contribution in [-0.4, -0.2) is 71.9 Å². The van der Waals surface area contributed by atoms with Crippen LogP contribution in [-0.2, 0) is 25.0 Å². The number of fused-ring (bicyclic) bond motifs is 1. The van der Waals surface area contributed by atoms with E-state index in [1.54, 1.807) is 23.8 Å². The molecule has 0 unspecified atom stereocenters. The zero-order chi connectivity index (χ0) is 29.1. The van der Waals surface area contributed by atoms with Gasteiger partial charge in [-0.05, 0) is 37.3 Å². The van der Waals surface area contributed by atoms with Crippen LogP contribution in [0.15, 0.2) is 44.5 Å². The monoisotopic (exact) mass is 634 g/mol. The van der Waals surface area contributed by atoms with Crippen molar-refractivity contribution in [3.05, 3.63) is 45.7 Å². The zero-order valence-electron chi connectivity index (χ0n) is 21.4. The molecule has 2 aromatic rings. The number of carbonyl (C=O) groups excluding carboxylic acids is 2. The summed E-state index contributed by atoms with van der Waals surface area (Å²) in [5.41, 5.74) is 12.1. The van der Waals surface area contributed by atoms with Gasteiger partial charge in [0.05, 0.1) is 0 Å². The Morgan fingerprint density at radius 1 is 1.34 bits per heavy atom. The lowest BCUT2D eigenvalue weighted by Crippen LogP contribution is -2.71. The molecule has 2 amide bonds. The molecule has 2 aromatic heterocycles. The summed E-state index contributed by atoms with van der Waals surface area (Å²) >= 11 is 4.88. The number of thioether (sulfide) groups is 3. The molecule has 3 aliphatic rings. The summed E-state index contributed by atoms with van der Waals surface area (Å²) in [5, 5.41) is 25.5. The number of aliphatic carboxylic acids is 1. The molecule has 1 saturated heterocycles. The van der Waals surface area contributed by atoms with Crippen molar-refractivity contribution >= 4 is 80.4 Å². The Labute approximate surface area is 251 Å². The van der Waals surface area contributed by atoms with E-state index >= 15 is 0 Å². The topological polar surface area (TPSA) is 210 Å². The number of carboxylic acids is 1. The van der Waals surface area contributed by atoms with E-state index in [0.29, 0.717) is 16.4 Å². The smallest absolute Gasteiger partial charge is 0.353 e. The van der Waals surface area contributed by atoms with Crippen LogP contribution in [0.2, 0.25) is 0 Å². The van der Waals surface area contributed by atoms with E-state index < -0.39 is 29.2 Å². The van der Waals surface area contributed by atoms with Crippen molar-refractivity contribution in [2.75, 3.05) is 11.5 Å². The van der Waals surface area contributed by atoms with E-state index in [1.807, 2.05) is 0 Å². The number of rotatable bonds is 10. The number of pyridine rings is 1. The summed E-state index contributed by atoms with van der Waals surface area (Å²) in [4.78, 5) is 55.3. The maximum absolute atomic E-state index is 13.3. The lowest BCUT2D eigenvalue weighted by atomic mass is 10.0. The lowest BCUT2D eigenvalue weighted by molar-refractivity contribution is -0.150. The van der Waals surface area contributed by atoms with Gasteiger partial charge in [0.15, 0.2) is 16.0 Å². The SMILES string of the molecule is N=C(N)SCc1cnccc1SC1=C(C(=O)O)N2C(=O)[C@@H](NC(=O)/C(=N\OC3CCCC3)c3csc(N)n3)[C@H]2SC1. The number of nitrogens with two attached hydrogens (primary N) is 2. The van der Waals surface area contributed by atoms with Crippen molar-refractivity contribution in [2.24, 2.45) is 10.9 Å². The molecule has 4 heterocycles. The van der Waals surface area contributed by atoms with Crippen molar-refractivity contribution in [1.29, 1.82) is 5.41 Å². The highest BCUT2D eigenvalue weighted by Crippen LogP contribution is 2.46. The van der Waals surface area contributed by atoms with Gasteiger partial charge in [-0.3, -0.25) is 24.9 Å². The molecule has 41 heavy (non-hydrogen) atoms. The van der Waals surface area contributed by atoms with Crippen molar-refractivity contribution in [3.8, 4) is 0 Å². The molecule has 13 nitrogen and oxygen atoms in total. The second-order valence-corrected chi connectivity index (χ2v) is 13.3. The molecule has 216 valence electrons. The zero-order valence-corrected chi connectivity index (χ0v) is 24.7. The fourth-order valence-electron chi connectivity index (χ4n) is 4.51. The second-order valence-electron chi connectivity index (χ2n) is 9.20. The Kier molecular flexibility index (Phi) is 9.06. The van der Waals surface area contributed by atoms with Crippen LogP contribution in [0, 0.1) is 5.41 Å². The summed E-state index contributed by atoms with van der Waals surface area (Å²) in [6.07, 6.45) is 6.87. The third kappa shape index (κ3) is 6.47. The summed E-state index contributed by atoms with van der Waals surface area (Å²) in [6, 6.07) is 0.800. The van der Waals surface area contributed by atoms with Gasteiger partial charge in [-0.1, -0.05) is 28.7 Å². The van der Waals surface area contributed by atoms with Crippen LogP contribution in [0.3, 0.4) is 0 Å². The predicted octanol–water partition coefficient (Wildman–Crippen LogP) is 2.40. The number of nitrogens with zero attached hydrogens (tertiary/aromatic N) is 4. The molecule has 2 fully saturated rings. The first-order valence-electron chi connectivity index (χ1n) is 12.5. The number of amides is 2. The van der Waals surface area contributed by atoms with Gasteiger partial charge >= 0.3 is 5.97 Å². The van der Waals surface area contributed by atoms with E-state index in [4.69, 9.17) is 21.7 Å². The highest BCUT2D eigenvalue weighted by atomic mass is 32.2. The summed E-state index contributed by atoms with van der Waals surface area (Å²) < 4.78 is 0. The number of nitrogens with one attached hydrogen (secondary N) is 2. The average Bonchev–Trinajstić information content (AvgIpc) is 3.63. The van der Waals surface area contributed by atoms with Crippen molar-refractivity contribution < 1.29 is 24.3 Å². The van der Waals surface area contributed by atoms with E-state index in [9.17, 15) is 19.5 Å². The van der Waals surface area contributed by atoms with Gasteiger partial charge in [0, 0.05) is 39.1 Å². The average molecular weight is 635 g/mol. The summed E-state index contributed by atoms with van der Waals surface area (Å²) in [7, 11) is 0. The quantitative estimate of drug-likeness (QED) is 0.110. The lowest BCUT2D eigenvalue weighted by Gasteiger charge is -2.49. The first kappa shape index (κ1) is 29.2. The van der Waals surface area contributed by atoms with Crippen molar-refractivity contribution in [2.45, 2.75) is 53.9 Å². The first-order chi connectivity index (χ1) is 19.7. The molecule has 2 atom stereocenters. The number of aromatic nitrogens is 2. The molecule has 1 aliphatic carbocycles. The number of thiazole rings is 1. The van der Waals surface area contributed by atoms with Gasteiger partial charge in [0.1, 0.15) is 28.9 Å². The van der Waals surface area contributed by atoms with E-state index in [-0.39, 0.29) is 33.5 Å². The normalized spacial score (nSPS) is 20.9. The molecular weight excluding hydrogens is 609 g/mol. The maximum Gasteiger partial charge on any atom is 0.353 e. The fraction of sp³-hybridized carbons (Fsp3) is 0.375. The number of hydrogen-bond acceptors (Lipinski definition) is 13. The highest BCUT2D eigenvalue weighted by molar-refractivity contribution is 8.13. The summed E-state index contributed by atoms with van der Waals surface area (Å²) in [5.74, 6) is -1.73. The van der Waals surface area contributed by atoms with Gasteiger partial charge in [-0.2, -0.15) is 0 Å². The van der Waals surface area contributed by atoms with Gasteiger partial charge in [-0.15, -0.1) is 23.1 Å². The van der Waals surface area contributed by atoms with Crippen LogP contribution >= 0.6 is 46.6 Å². The van der Waals surface area contributed by atoms with E-state index in [2.05, 4.69) is 20.4 Å². The standard InChI is InChI=1S/C24H26N8O5S4/c25-23(26)39-8-11-7-28-6-5-14(11)41-15-10-38-21-17(20(34)32(21)18(15)22(35)36)30-19(33)16(13-9-40-24(27)29-13)31-37-12-3-1-2-4-12/h5-7,9,12,17,21H,1-4,8,10H2,(H3,25,26)(H2,27,29)(H,30,33)(H,35,36)/b31-16-/t17-,21-/m1/s1. The Morgan fingerprint density at radius 2 is 2.12 bits per heavy atom. The number of amidine groups is 1. The predicted molar refractivity (Wildman–Crippen MR) is 159 cm³/mol. The van der Waals surface area contributed by atoms with Crippen LogP contribution in [0.5, 0.6) is 0 Å². The Balaban J connectivity index is 1.33. The molecule has 0 spiro atoms. The van der Waals surface area contributed by atoms with Gasteiger partial charge in [-0.25, -0.2) is 9.78 Å². The molecule has 0 aromatic carbocycles. The second kappa shape index (κ2) is 12.7. The minimum atomic E-state index is -1.24. The number of anilines is 1. The molecule has 0 radical (unpaired) electrons. The largest absolute Gasteiger partial charge is 0.477 e. The number of nitrogen functional groups attached to an aromatic ring is 1. The number of hydrogen-bond donors (Lipinski definition) is 5. The van der Waals surface area contributed by atoms with Gasteiger partial charge in [0.2, 0.25) is 0 Å². The number of β-lactam (4-membered cyclic amide) rings is 1. The minimum Gasteiger partial charge on any atom is -0.477 e. The first-order valence-corrected chi connectivity index (χ1v) is 16.2. The van der Waals surface area contributed by atoms with Crippen LogP contribution in [0.25, 0.3) is 0 Å². The summed E-state index contributed by atoms with van der Waals surface area (Å²) in [6.45, 7) is 0. The maximum atomic E-state index is 13.3. The van der Waals surface area contributed by atoms with E-state index in [0.717, 1.165) is 59.2 Å². The van der Waals surface area contributed by atoms with Crippen LogP contribution < -0.4 is 16.8 Å². The van der Waals surface area contributed by atoms with E-state index in [1.165, 1.54) is 28.4 Å². The Hall–Kier alpha value is -3.28. The highest BCUT2D eigenvalue weighted by Gasteiger charge is 2.54. The van der Waals surface area contributed by atoms with Crippen LogP contribution in [0.1, 0.15) is 36.9 Å². The Morgan fingerprint density at radius 3 is 2.80 bits per heavy atom. The minimum absolute atomic E-state index is 0.0397. The molecule has 0 bridgehead atoms.